The first kappa shape index (κ1) is 16.1. The number of benzene rings is 3. The van der Waals surface area contributed by atoms with Gasteiger partial charge in [-0.25, -0.2) is 0 Å². The van der Waals surface area contributed by atoms with Gasteiger partial charge in [0.1, 0.15) is 5.75 Å². The SMILES string of the molecule is O=C1CCc2cc(OCC(=O)Nc3cccc4ccccc34)ccc2N1. The van der Waals surface area contributed by atoms with E-state index < -0.39 is 0 Å². The smallest absolute Gasteiger partial charge is 0.262 e. The van der Waals surface area contributed by atoms with E-state index in [-0.39, 0.29) is 18.4 Å². The van der Waals surface area contributed by atoms with Gasteiger partial charge in [0, 0.05) is 23.2 Å². The molecule has 0 unspecified atom stereocenters. The molecule has 26 heavy (non-hydrogen) atoms. The van der Waals surface area contributed by atoms with Crippen molar-refractivity contribution in [1.82, 2.24) is 0 Å². The van der Waals surface area contributed by atoms with E-state index in [4.69, 9.17) is 4.74 Å². The molecule has 2 amide bonds. The number of carbonyl (C=O) groups is 2. The van der Waals surface area contributed by atoms with Crippen molar-refractivity contribution in [3.63, 3.8) is 0 Å². The Labute approximate surface area is 151 Å². The van der Waals surface area contributed by atoms with Gasteiger partial charge >= 0.3 is 0 Å². The van der Waals surface area contributed by atoms with E-state index in [0.29, 0.717) is 18.6 Å². The third-order valence-electron chi connectivity index (χ3n) is 4.41. The van der Waals surface area contributed by atoms with Gasteiger partial charge in [-0.05, 0) is 41.6 Å². The number of hydrogen-bond acceptors (Lipinski definition) is 3. The number of aryl methyl sites for hydroxylation is 1. The van der Waals surface area contributed by atoms with E-state index in [9.17, 15) is 9.59 Å². The fraction of sp³-hybridized carbons (Fsp3) is 0.143. The monoisotopic (exact) mass is 346 g/mol. The van der Waals surface area contributed by atoms with Crippen LogP contribution in [0.1, 0.15) is 12.0 Å². The summed E-state index contributed by atoms with van der Waals surface area (Å²) in [6.45, 7) is -0.0750. The molecular weight excluding hydrogens is 328 g/mol. The zero-order valence-electron chi connectivity index (χ0n) is 14.1. The second kappa shape index (κ2) is 6.88. The van der Waals surface area contributed by atoms with Crippen molar-refractivity contribution in [2.75, 3.05) is 17.2 Å². The summed E-state index contributed by atoms with van der Waals surface area (Å²) in [4.78, 5) is 23.7. The Morgan fingerprint density at radius 3 is 2.81 bits per heavy atom. The van der Waals surface area contributed by atoms with E-state index in [1.54, 1.807) is 6.07 Å². The van der Waals surface area contributed by atoms with Crippen LogP contribution < -0.4 is 15.4 Å². The molecule has 0 bridgehead atoms. The third kappa shape index (κ3) is 3.37. The lowest BCUT2D eigenvalue weighted by atomic mass is 10.0. The highest BCUT2D eigenvalue weighted by atomic mass is 16.5. The van der Waals surface area contributed by atoms with Gasteiger partial charge in [-0.15, -0.1) is 0 Å². The molecule has 4 rings (SSSR count). The van der Waals surface area contributed by atoms with Crippen LogP contribution in [0.25, 0.3) is 10.8 Å². The molecule has 5 nitrogen and oxygen atoms in total. The van der Waals surface area contributed by atoms with Crippen molar-refractivity contribution in [1.29, 1.82) is 0 Å². The molecule has 1 aliphatic heterocycles. The first-order valence-corrected chi connectivity index (χ1v) is 8.52. The van der Waals surface area contributed by atoms with E-state index in [1.807, 2.05) is 54.6 Å². The number of fused-ring (bicyclic) bond motifs is 2. The highest BCUT2D eigenvalue weighted by Gasteiger charge is 2.15. The summed E-state index contributed by atoms with van der Waals surface area (Å²) in [5, 5.41) is 7.80. The van der Waals surface area contributed by atoms with Crippen molar-refractivity contribution >= 4 is 34.0 Å². The van der Waals surface area contributed by atoms with Crippen molar-refractivity contribution < 1.29 is 14.3 Å². The first-order chi connectivity index (χ1) is 12.7. The van der Waals surface area contributed by atoms with Gasteiger partial charge in [0.2, 0.25) is 5.91 Å². The topological polar surface area (TPSA) is 67.4 Å². The number of rotatable bonds is 4. The summed E-state index contributed by atoms with van der Waals surface area (Å²) < 4.78 is 5.62. The minimum Gasteiger partial charge on any atom is -0.484 e. The van der Waals surface area contributed by atoms with Crippen molar-refractivity contribution in [3.05, 3.63) is 66.2 Å². The number of anilines is 2. The highest BCUT2D eigenvalue weighted by molar-refractivity contribution is 6.02. The largest absolute Gasteiger partial charge is 0.484 e. The fourth-order valence-electron chi connectivity index (χ4n) is 3.12. The highest BCUT2D eigenvalue weighted by Crippen LogP contribution is 2.27. The fourth-order valence-corrected chi connectivity index (χ4v) is 3.12. The predicted molar refractivity (Wildman–Crippen MR) is 101 cm³/mol. The molecule has 0 saturated carbocycles. The Hall–Kier alpha value is -3.34. The molecule has 0 radical (unpaired) electrons. The normalized spacial score (nSPS) is 13.0. The summed E-state index contributed by atoms with van der Waals surface area (Å²) in [7, 11) is 0. The maximum absolute atomic E-state index is 12.3. The lowest BCUT2D eigenvalue weighted by molar-refractivity contribution is -0.118. The molecule has 1 aliphatic rings. The molecule has 2 N–H and O–H groups in total. The van der Waals surface area contributed by atoms with Gasteiger partial charge in [-0.2, -0.15) is 0 Å². The van der Waals surface area contributed by atoms with Gasteiger partial charge in [0.25, 0.3) is 5.91 Å². The van der Waals surface area contributed by atoms with Crippen LogP contribution in [0, 0.1) is 0 Å². The molecule has 5 heteroatoms. The van der Waals surface area contributed by atoms with Gasteiger partial charge in [0.05, 0.1) is 0 Å². The van der Waals surface area contributed by atoms with E-state index >= 15 is 0 Å². The van der Waals surface area contributed by atoms with Crippen LogP contribution in [0.2, 0.25) is 0 Å². The molecule has 0 spiro atoms. The van der Waals surface area contributed by atoms with Crippen LogP contribution in [-0.2, 0) is 16.0 Å². The molecule has 0 atom stereocenters. The zero-order valence-corrected chi connectivity index (χ0v) is 14.1. The quantitative estimate of drug-likeness (QED) is 0.756. The second-order valence-electron chi connectivity index (χ2n) is 6.23. The lowest BCUT2D eigenvalue weighted by Gasteiger charge is -2.17. The molecule has 130 valence electrons. The summed E-state index contributed by atoms with van der Waals surface area (Å²) in [5.74, 6) is 0.431. The second-order valence-corrected chi connectivity index (χ2v) is 6.23. The van der Waals surface area contributed by atoms with E-state index in [1.165, 1.54) is 0 Å². The van der Waals surface area contributed by atoms with Crippen molar-refractivity contribution in [2.45, 2.75) is 12.8 Å². The van der Waals surface area contributed by atoms with E-state index in [2.05, 4.69) is 10.6 Å². The Kier molecular flexibility index (Phi) is 4.27. The van der Waals surface area contributed by atoms with Crippen LogP contribution in [0.15, 0.2) is 60.7 Å². The van der Waals surface area contributed by atoms with E-state index in [0.717, 1.165) is 27.7 Å². The minimum atomic E-state index is -0.215. The predicted octanol–water partition coefficient (Wildman–Crippen LogP) is 3.74. The molecule has 3 aromatic rings. The summed E-state index contributed by atoms with van der Waals surface area (Å²) >= 11 is 0. The van der Waals surface area contributed by atoms with Gasteiger partial charge in [0.15, 0.2) is 6.61 Å². The lowest BCUT2D eigenvalue weighted by Crippen LogP contribution is -2.21. The van der Waals surface area contributed by atoms with Gasteiger partial charge in [-0.1, -0.05) is 36.4 Å². The Morgan fingerprint density at radius 1 is 1.04 bits per heavy atom. The number of amides is 2. The maximum Gasteiger partial charge on any atom is 0.262 e. The van der Waals surface area contributed by atoms with Crippen LogP contribution in [-0.4, -0.2) is 18.4 Å². The molecule has 0 aliphatic carbocycles. The average molecular weight is 346 g/mol. The van der Waals surface area contributed by atoms with Gasteiger partial charge < -0.3 is 15.4 Å². The third-order valence-corrected chi connectivity index (χ3v) is 4.41. The minimum absolute atomic E-state index is 0.0284. The maximum atomic E-state index is 12.3. The van der Waals surface area contributed by atoms with Crippen LogP contribution in [0.5, 0.6) is 5.75 Å². The van der Waals surface area contributed by atoms with Gasteiger partial charge in [-0.3, -0.25) is 9.59 Å². The number of ether oxygens (including phenoxy) is 1. The molecule has 1 heterocycles. The number of hydrogen-bond donors (Lipinski definition) is 2. The van der Waals surface area contributed by atoms with Crippen LogP contribution in [0.3, 0.4) is 0 Å². The first-order valence-electron chi connectivity index (χ1n) is 8.52. The van der Waals surface area contributed by atoms with Crippen molar-refractivity contribution in [2.24, 2.45) is 0 Å². The van der Waals surface area contributed by atoms with Crippen LogP contribution >= 0.6 is 0 Å². The molecule has 3 aromatic carbocycles. The number of nitrogens with one attached hydrogen (secondary N) is 2. The van der Waals surface area contributed by atoms with Crippen LogP contribution in [0.4, 0.5) is 11.4 Å². The average Bonchev–Trinajstić information content (AvgIpc) is 2.66. The number of carbonyl (C=O) groups excluding carboxylic acids is 2. The molecule has 0 aromatic heterocycles. The molecular formula is C21H18N2O3. The Bertz CT molecular complexity index is 992. The Balaban J connectivity index is 1.42. The molecule has 0 saturated heterocycles. The standard InChI is InChI=1S/C21H18N2O3/c24-20-11-8-15-12-16(9-10-18(15)22-20)26-13-21(25)23-19-7-3-5-14-4-1-2-6-17(14)19/h1-7,9-10,12H,8,11,13H2,(H,22,24)(H,23,25). The zero-order chi connectivity index (χ0) is 17.9. The summed E-state index contributed by atoms with van der Waals surface area (Å²) in [6, 6.07) is 19.1. The summed E-state index contributed by atoms with van der Waals surface area (Å²) in [5.41, 5.74) is 2.61. The van der Waals surface area contributed by atoms with Crippen molar-refractivity contribution in [3.8, 4) is 5.75 Å². The Morgan fingerprint density at radius 2 is 1.88 bits per heavy atom. The molecule has 0 fully saturated rings. The summed E-state index contributed by atoms with van der Waals surface area (Å²) in [6.07, 6.45) is 1.15.